The van der Waals surface area contributed by atoms with E-state index < -0.39 is 6.36 Å². The zero-order valence-electron chi connectivity index (χ0n) is 21.3. The lowest BCUT2D eigenvalue weighted by molar-refractivity contribution is -0.794. The van der Waals surface area contributed by atoms with Crippen molar-refractivity contribution in [3.8, 4) is 22.6 Å². The number of H-pyrrole nitrogens is 1. The molecule has 1 aliphatic heterocycles. The Morgan fingerprint density at radius 1 is 0.975 bits per heavy atom. The van der Waals surface area contributed by atoms with Gasteiger partial charge in [0.1, 0.15) is 28.3 Å². The summed E-state index contributed by atoms with van der Waals surface area (Å²) < 4.78 is 54.0. The van der Waals surface area contributed by atoms with E-state index in [9.17, 15) is 13.2 Å². The van der Waals surface area contributed by atoms with Gasteiger partial charge in [0.2, 0.25) is 12.6 Å². The van der Waals surface area contributed by atoms with E-state index in [0.29, 0.717) is 31.0 Å². The topological polar surface area (TPSA) is 77.6 Å². The van der Waals surface area contributed by atoms with Gasteiger partial charge in [-0.3, -0.25) is 0 Å². The summed E-state index contributed by atoms with van der Waals surface area (Å²) in [5.74, 6) is 2.16. The van der Waals surface area contributed by atoms with Crippen molar-refractivity contribution >= 4 is 22.9 Å². The van der Waals surface area contributed by atoms with E-state index in [1.54, 1.807) is 24.1 Å². The van der Waals surface area contributed by atoms with Crippen LogP contribution in [0.25, 0.3) is 22.0 Å². The first-order valence-corrected chi connectivity index (χ1v) is 13.7. The molecule has 7 nitrogen and oxygen atoms in total. The zero-order chi connectivity index (χ0) is 27.5. The largest absolute Gasteiger partial charge is 0.573 e. The van der Waals surface area contributed by atoms with E-state index in [-0.39, 0.29) is 5.75 Å². The molecule has 1 aliphatic carbocycles. The average Bonchev–Trinajstić information content (AvgIpc) is 3.57. The van der Waals surface area contributed by atoms with Crippen molar-refractivity contribution in [2.45, 2.75) is 43.0 Å². The number of alkyl halides is 3. The van der Waals surface area contributed by atoms with Crippen molar-refractivity contribution < 1.29 is 31.4 Å². The minimum Gasteiger partial charge on any atom is -0.443 e. The molecule has 11 heteroatoms. The fraction of sp³-hybridized carbons (Fsp3) is 0.241. The first-order valence-electron chi connectivity index (χ1n) is 12.9. The smallest absolute Gasteiger partial charge is 0.443 e. The molecule has 2 aromatic heterocycles. The lowest BCUT2D eigenvalue weighted by Crippen LogP contribution is -3.05. The monoisotopic (exact) mass is 567 g/mol. The normalized spacial score (nSPS) is 16.8. The molecule has 0 radical (unpaired) electrons. The molecule has 1 unspecified atom stereocenters. The number of hydrogen-bond acceptors (Lipinski definition) is 6. The predicted molar refractivity (Wildman–Crippen MR) is 144 cm³/mol. The third-order valence-corrected chi connectivity index (χ3v) is 7.94. The van der Waals surface area contributed by atoms with Gasteiger partial charge in [0.05, 0.1) is 0 Å². The number of aromatic nitrogens is 3. The summed E-state index contributed by atoms with van der Waals surface area (Å²) >= 11 is 1.58. The number of rotatable bonds is 5. The Bertz CT molecular complexity index is 1550. The molecule has 3 heterocycles. The SMILES string of the molecule is FC(F)(F)Oc1ccc(-c2cccc3c2S[NH+](Cc2nnc(C4CCC4)o2)CO3)cc1.c1ccc2[nH]ccc2c1. The first kappa shape index (κ1) is 26.3. The molecule has 0 spiro atoms. The summed E-state index contributed by atoms with van der Waals surface area (Å²) in [6.07, 6.45) is 0.629. The highest BCUT2D eigenvalue weighted by molar-refractivity contribution is 7.93. The van der Waals surface area contributed by atoms with Gasteiger partial charge in [-0.05, 0) is 54.1 Å². The molecule has 0 saturated heterocycles. The van der Waals surface area contributed by atoms with Crippen molar-refractivity contribution in [1.82, 2.24) is 15.2 Å². The van der Waals surface area contributed by atoms with Crippen LogP contribution < -0.4 is 13.8 Å². The summed E-state index contributed by atoms with van der Waals surface area (Å²) in [6, 6.07) is 21.8. The zero-order valence-corrected chi connectivity index (χ0v) is 22.1. The van der Waals surface area contributed by atoms with Crippen molar-refractivity contribution in [1.29, 1.82) is 0 Å². The highest BCUT2D eigenvalue weighted by Crippen LogP contribution is 2.39. The number of nitrogens with one attached hydrogen (secondary N) is 2. The summed E-state index contributed by atoms with van der Waals surface area (Å²) in [7, 11) is 0. The summed E-state index contributed by atoms with van der Waals surface area (Å²) in [4.78, 5) is 4.03. The second kappa shape index (κ2) is 11.3. The van der Waals surface area contributed by atoms with Gasteiger partial charge in [-0.15, -0.1) is 23.4 Å². The maximum Gasteiger partial charge on any atom is 0.573 e. The fourth-order valence-electron chi connectivity index (χ4n) is 4.54. The van der Waals surface area contributed by atoms with Gasteiger partial charge in [0.25, 0.3) is 5.89 Å². The van der Waals surface area contributed by atoms with E-state index in [0.717, 1.165) is 38.9 Å². The quantitative estimate of drug-likeness (QED) is 0.236. The Morgan fingerprint density at radius 3 is 2.55 bits per heavy atom. The lowest BCUT2D eigenvalue weighted by atomic mass is 9.85. The van der Waals surface area contributed by atoms with Gasteiger partial charge in [0.15, 0.2) is 6.54 Å². The standard InChI is InChI=1S/C21H18F3N3O3S.C8H7N/c22-21(23,24)30-15-9-7-13(8-10-15)16-5-2-6-17-19(16)31-27(12-28-17)11-18-25-26-20(29-18)14-3-1-4-14;1-2-4-8-7(3-1)5-6-9-8/h2,5-10,14H,1,3-4,11-12H2;1-6,9H/p+1. The van der Waals surface area contributed by atoms with E-state index in [2.05, 4.69) is 38.1 Å². The summed E-state index contributed by atoms with van der Waals surface area (Å²) in [6.45, 7) is 0.942. The van der Waals surface area contributed by atoms with Gasteiger partial charge in [-0.25, -0.2) is 4.31 Å². The molecular formula is C29H26F3N4O3S+. The number of hydrogen-bond donors (Lipinski definition) is 2. The third kappa shape index (κ3) is 6.10. The summed E-state index contributed by atoms with van der Waals surface area (Å²) in [5.41, 5.74) is 2.85. The Labute approximate surface area is 232 Å². The Morgan fingerprint density at radius 2 is 1.80 bits per heavy atom. The first-order chi connectivity index (χ1) is 19.4. The maximum atomic E-state index is 12.4. The minimum absolute atomic E-state index is 0.254. The molecule has 206 valence electrons. The molecule has 0 bridgehead atoms. The number of fused-ring (bicyclic) bond motifs is 2. The number of para-hydroxylation sites is 1. The molecule has 2 aliphatic rings. The molecule has 1 saturated carbocycles. The third-order valence-electron chi connectivity index (χ3n) is 6.76. The van der Waals surface area contributed by atoms with Gasteiger partial charge < -0.3 is 18.9 Å². The highest BCUT2D eigenvalue weighted by atomic mass is 32.2. The molecule has 40 heavy (non-hydrogen) atoms. The molecule has 1 atom stereocenters. The van der Waals surface area contributed by atoms with Crippen molar-refractivity contribution in [3.63, 3.8) is 0 Å². The van der Waals surface area contributed by atoms with Crippen molar-refractivity contribution in [2.24, 2.45) is 0 Å². The van der Waals surface area contributed by atoms with Gasteiger partial charge in [-0.2, -0.15) is 0 Å². The minimum atomic E-state index is -4.71. The average molecular weight is 568 g/mol. The molecule has 2 N–H and O–H groups in total. The van der Waals surface area contributed by atoms with E-state index in [1.165, 1.54) is 29.5 Å². The number of nitrogens with zero attached hydrogens (tertiary/aromatic N) is 2. The van der Waals surface area contributed by atoms with Crippen LogP contribution in [0.15, 0.2) is 88.3 Å². The molecule has 3 aromatic carbocycles. The molecule has 1 fully saturated rings. The van der Waals surface area contributed by atoms with Crippen LogP contribution in [-0.2, 0) is 6.54 Å². The Balaban J connectivity index is 0.000000271. The van der Waals surface area contributed by atoms with Crippen LogP contribution in [0.3, 0.4) is 0 Å². The molecule has 5 aromatic rings. The number of aromatic amines is 1. The van der Waals surface area contributed by atoms with Crippen LogP contribution >= 0.6 is 11.9 Å². The van der Waals surface area contributed by atoms with Crippen LogP contribution in [0.4, 0.5) is 13.2 Å². The number of halogens is 3. The van der Waals surface area contributed by atoms with E-state index in [4.69, 9.17) is 9.15 Å². The Kier molecular flexibility index (Phi) is 7.40. The van der Waals surface area contributed by atoms with Crippen molar-refractivity contribution in [3.05, 3.63) is 90.8 Å². The fourth-order valence-corrected chi connectivity index (χ4v) is 5.66. The van der Waals surface area contributed by atoms with Crippen LogP contribution in [0.5, 0.6) is 11.5 Å². The molecule has 7 rings (SSSR count). The Hall–Kier alpha value is -3.96. The van der Waals surface area contributed by atoms with Crippen LogP contribution in [0.1, 0.15) is 37.0 Å². The van der Waals surface area contributed by atoms with Gasteiger partial charge in [0, 0.05) is 23.2 Å². The number of ether oxygens (including phenoxy) is 2. The predicted octanol–water partition coefficient (Wildman–Crippen LogP) is 6.51. The highest BCUT2D eigenvalue weighted by Gasteiger charge is 2.32. The van der Waals surface area contributed by atoms with Crippen LogP contribution in [0.2, 0.25) is 0 Å². The van der Waals surface area contributed by atoms with Gasteiger partial charge in [-0.1, -0.05) is 48.9 Å². The number of benzene rings is 3. The molecule has 0 amide bonds. The van der Waals surface area contributed by atoms with E-state index >= 15 is 0 Å². The van der Waals surface area contributed by atoms with Gasteiger partial charge >= 0.3 is 6.36 Å². The lowest BCUT2D eigenvalue weighted by Gasteiger charge is -2.24. The van der Waals surface area contributed by atoms with Crippen LogP contribution in [-0.4, -0.2) is 28.3 Å². The maximum absolute atomic E-state index is 12.4. The second-order valence-electron chi connectivity index (χ2n) is 9.54. The van der Waals surface area contributed by atoms with Crippen molar-refractivity contribution in [2.75, 3.05) is 6.73 Å². The van der Waals surface area contributed by atoms with Crippen LogP contribution in [0, 0.1) is 0 Å². The summed E-state index contributed by atoms with van der Waals surface area (Å²) in [5, 5.41) is 9.63. The number of quaternary nitrogens is 1. The molecular weight excluding hydrogens is 541 g/mol. The second-order valence-corrected chi connectivity index (χ2v) is 10.7. The van der Waals surface area contributed by atoms with E-state index in [1.807, 2.05) is 36.5 Å².